The van der Waals surface area contributed by atoms with Crippen molar-refractivity contribution >= 4 is 16.9 Å². The summed E-state index contributed by atoms with van der Waals surface area (Å²) in [6.45, 7) is 7.25. The number of hydrogen-bond donors (Lipinski definition) is 2. The first-order chi connectivity index (χ1) is 11.8. The van der Waals surface area contributed by atoms with Crippen LogP contribution in [0.5, 0.6) is 5.75 Å². The van der Waals surface area contributed by atoms with E-state index in [9.17, 15) is 14.7 Å². The topological polar surface area (TPSA) is 88.8 Å². The summed E-state index contributed by atoms with van der Waals surface area (Å²) in [6.07, 6.45) is 0.876. The average Bonchev–Trinajstić information content (AvgIpc) is 2.56. The number of fused-ring (bicyclic) bond motifs is 1. The SMILES string of the molecule is COC(=O)Cc1c(C)c2ccc(O)c(CNCCC(C)C)c2oc1=O. The number of nitrogens with one attached hydrogen (secondary N) is 1. The first-order valence-corrected chi connectivity index (χ1v) is 8.39. The lowest BCUT2D eigenvalue weighted by molar-refractivity contribution is -0.139. The van der Waals surface area contributed by atoms with Gasteiger partial charge in [-0.2, -0.15) is 0 Å². The molecule has 0 aliphatic carbocycles. The zero-order valence-corrected chi connectivity index (χ0v) is 15.1. The minimum atomic E-state index is -0.579. The summed E-state index contributed by atoms with van der Waals surface area (Å²) < 4.78 is 10.1. The van der Waals surface area contributed by atoms with Crippen LogP contribution in [0, 0.1) is 12.8 Å². The summed E-state index contributed by atoms with van der Waals surface area (Å²) in [7, 11) is 1.28. The van der Waals surface area contributed by atoms with E-state index in [2.05, 4.69) is 23.9 Å². The smallest absolute Gasteiger partial charge is 0.340 e. The highest BCUT2D eigenvalue weighted by Crippen LogP contribution is 2.29. The van der Waals surface area contributed by atoms with Gasteiger partial charge in [0.15, 0.2) is 0 Å². The van der Waals surface area contributed by atoms with Crippen molar-refractivity contribution in [1.82, 2.24) is 5.32 Å². The molecule has 2 aromatic rings. The van der Waals surface area contributed by atoms with Crippen LogP contribution in [0.2, 0.25) is 0 Å². The van der Waals surface area contributed by atoms with Crippen molar-refractivity contribution in [3.63, 3.8) is 0 Å². The Labute approximate surface area is 146 Å². The molecule has 1 aromatic carbocycles. The summed E-state index contributed by atoms with van der Waals surface area (Å²) in [4.78, 5) is 23.8. The molecule has 0 unspecified atom stereocenters. The first-order valence-electron chi connectivity index (χ1n) is 8.39. The first kappa shape index (κ1) is 19.0. The molecule has 136 valence electrons. The lowest BCUT2D eigenvalue weighted by Crippen LogP contribution is -2.18. The van der Waals surface area contributed by atoms with Gasteiger partial charge < -0.3 is 19.6 Å². The Morgan fingerprint density at radius 1 is 1.32 bits per heavy atom. The highest BCUT2D eigenvalue weighted by atomic mass is 16.5. The molecular weight excluding hydrogens is 322 g/mol. The van der Waals surface area contributed by atoms with Gasteiger partial charge in [-0.15, -0.1) is 0 Å². The number of phenols is 1. The van der Waals surface area contributed by atoms with E-state index in [-0.39, 0.29) is 17.7 Å². The fourth-order valence-corrected chi connectivity index (χ4v) is 2.70. The third kappa shape index (κ3) is 4.39. The second-order valence-corrected chi connectivity index (χ2v) is 6.55. The minimum absolute atomic E-state index is 0.0767. The quantitative estimate of drug-likeness (QED) is 0.455. The predicted octanol–water partition coefficient (Wildman–Crippen LogP) is 2.66. The Kier molecular flexibility index (Phi) is 6.20. The summed E-state index contributed by atoms with van der Waals surface area (Å²) in [5, 5.41) is 14.1. The highest BCUT2D eigenvalue weighted by Gasteiger charge is 2.18. The molecule has 25 heavy (non-hydrogen) atoms. The van der Waals surface area contributed by atoms with Gasteiger partial charge in [-0.05, 0) is 43.5 Å². The fourth-order valence-electron chi connectivity index (χ4n) is 2.70. The standard InChI is InChI=1S/C19H25NO5/c1-11(2)7-8-20-10-15-16(21)6-5-13-12(3)14(9-17(22)24-4)19(23)25-18(13)15/h5-6,11,20-21H,7-10H2,1-4H3. The lowest BCUT2D eigenvalue weighted by atomic mass is 10.0. The summed E-state index contributed by atoms with van der Waals surface area (Å²) >= 11 is 0. The molecule has 0 aliphatic heterocycles. The largest absolute Gasteiger partial charge is 0.507 e. The Bertz CT molecular complexity index is 823. The maximum absolute atomic E-state index is 12.3. The van der Waals surface area contributed by atoms with Crippen LogP contribution in [-0.2, 0) is 22.5 Å². The Hall–Kier alpha value is -2.34. The van der Waals surface area contributed by atoms with Gasteiger partial charge in [0.25, 0.3) is 0 Å². The predicted molar refractivity (Wildman–Crippen MR) is 95.8 cm³/mol. The van der Waals surface area contributed by atoms with E-state index in [4.69, 9.17) is 4.42 Å². The molecule has 6 heteroatoms. The van der Waals surface area contributed by atoms with Crippen LogP contribution in [-0.4, -0.2) is 24.7 Å². The maximum atomic E-state index is 12.3. The number of carbonyl (C=O) groups excluding carboxylic acids is 1. The van der Waals surface area contributed by atoms with Gasteiger partial charge in [-0.3, -0.25) is 4.79 Å². The molecule has 0 radical (unpaired) electrons. The second kappa shape index (κ2) is 8.16. The maximum Gasteiger partial charge on any atom is 0.340 e. The van der Waals surface area contributed by atoms with Crippen molar-refractivity contribution in [2.24, 2.45) is 5.92 Å². The van der Waals surface area contributed by atoms with Crippen LogP contribution >= 0.6 is 0 Å². The number of esters is 1. The van der Waals surface area contributed by atoms with Crippen molar-refractivity contribution in [2.75, 3.05) is 13.7 Å². The third-order valence-corrected chi connectivity index (χ3v) is 4.28. The van der Waals surface area contributed by atoms with E-state index >= 15 is 0 Å². The molecule has 1 aromatic heterocycles. The zero-order valence-electron chi connectivity index (χ0n) is 15.1. The number of hydrogen-bond acceptors (Lipinski definition) is 6. The van der Waals surface area contributed by atoms with E-state index in [0.29, 0.717) is 34.6 Å². The van der Waals surface area contributed by atoms with E-state index < -0.39 is 11.6 Å². The molecule has 0 atom stereocenters. The average molecular weight is 347 g/mol. The van der Waals surface area contributed by atoms with Crippen molar-refractivity contribution < 1.29 is 19.1 Å². The molecule has 0 spiro atoms. The molecule has 0 saturated heterocycles. The number of aromatic hydroxyl groups is 1. The van der Waals surface area contributed by atoms with Crippen LogP contribution in [0.25, 0.3) is 11.0 Å². The van der Waals surface area contributed by atoms with Gasteiger partial charge in [-0.1, -0.05) is 13.8 Å². The third-order valence-electron chi connectivity index (χ3n) is 4.28. The second-order valence-electron chi connectivity index (χ2n) is 6.55. The van der Waals surface area contributed by atoms with Gasteiger partial charge in [0.2, 0.25) is 0 Å². The van der Waals surface area contributed by atoms with Crippen LogP contribution in [0.1, 0.15) is 37.0 Å². The summed E-state index contributed by atoms with van der Waals surface area (Å²) in [5.74, 6) is 0.159. The number of benzene rings is 1. The van der Waals surface area contributed by atoms with Crippen molar-refractivity contribution in [1.29, 1.82) is 0 Å². The Morgan fingerprint density at radius 2 is 2.04 bits per heavy atom. The van der Waals surface area contributed by atoms with Gasteiger partial charge in [-0.25, -0.2) is 4.79 Å². The number of phenolic OH excluding ortho intramolecular Hbond substituents is 1. The Balaban J connectivity index is 2.41. The number of aryl methyl sites for hydroxylation is 1. The summed E-state index contributed by atoms with van der Waals surface area (Å²) in [6, 6.07) is 3.28. The van der Waals surface area contributed by atoms with E-state index in [1.54, 1.807) is 19.1 Å². The van der Waals surface area contributed by atoms with Crippen LogP contribution in [0.3, 0.4) is 0 Å². The fraction of sp³-hybridized carbons (Fsp3) is 0.474. The van der Waals surface area contributed by atoms with Crippen LogP contribution in [0.15, 0.2) is 21.3 Å². The Morgan fingerprint density at radius 3 is 2.68 bits per heavy atom. The summed E-state index contributed by atoms with van der Waals surface area (Å²) in [5.41, 5.74) is 1.27. The molecule has 0 saturated carbocycles. The van der Waals surface area contributed by atoms with E-state index in [1.165, 1.54) is 7.11 Å². The monoisotopic (exact) mass is 347 g/mol. The van der Waals surface area contributed by atoms with E-state index in [1.807, 2.05) is 0 Å². The molecule has 0 aliphatic rings. The molecule has 0 amide bonds. The van der Waals surface area contributed by atoms with Gasteiger partial charge in [0.1, 0.15) is 11.3 Å². The van der Waals surface area contributed by atoms with Crippen LogP contribution in [0.4, 0.5) is 0 Å². The van der Waals surface area contributed by atoms with Gasteiger partial charge in [0, 0.05) is 11.9 Å². The van der Waals surface area contributed by atoms with E-state index in [0.717, 1.165) is 13.0 Å². The van der Waals surface area contributed by atoms with Gasteiger partial charge in [0.05, 0.1) is 24.7 Å². The molecule has 1 heterocycles. The molecular formula is C19H25NO5. The molecule has 0 fully saturated rings. The molecule has 2 rings (SSSR count). The normalized spacial score (nSPS) is 11.2. The number of carbonyl (C=O) groups is 1. The van der Waals surface area contributed by atoms with Crippen molar-refractivity contribution in [3.8, 4) is 5.75 Å². The zero-order chi connectivity index (χ0) is 18.6. The number of methoxy groups -OCH3 is 1. The van der Waals surface area contributed by atoms with Crippen molar-refractivity contribution in [3.05, 3.63) is 39.2 Å². The molecule has 2 N–H and O–H groups in total. The molecule has 0 bridgehead atoms. The lowest BCUT2D eigenvalue weighted by Gasteiger charge is -2.13. The number of rotatable bonds is 7. The highest BCUT2D eigenvalue weighted by molar-refractivity contribution is 5.86. The molecule has 6 nitrogen and oxygen atoms in total. The van der Waals surface area contributed by atoms with Gasteiger partial charge >= 0.3 is 11.6 Å². The van der Waals surface area contributed by atoms with Crippen LogP contribution < -0.4 is 10.9 Å². The number of ether oxygens (including phenoxy) is 1. The minimum Gasteiger partial charge on any atom is -0.507 e. The van der Waals surface area contributed by atoms with Crippen molar-refractivity contribution in [2.45, 2.75) is 40.2 Å².